The summed E-state index contributed by atoms with van der Waals surface area (Å²) in [5.74, 6) is 1.87. The number of methoxy groups -OCH3 is 1. The molecule has 0 fully saturated rings. The van der Waals surface area contributed by atoms with Gasteiger partial charge < -0.3 is 9.47 Å². The number of halogens is 2. The Bertz CT molecular complexity index is 1440. The Morgan fingerprint density at radius 1 is 1.06 bits per heavy atom. The fourth-order valence-corrected chi connectivity index (χ4v) is 3.92. The Kier molecular flexibility index (Phi) is 7.38. The molecule has 0 radical (unpaired) electrons. The Balaban J connectivity index is 1.70. The van der Waals surface area contributed by atoms with Gasteiger partial charge in [-0.15, -0.1) is 0 Å². The van der Waals surface area contributed by atoms with Crippen LogP contribution in [0.15, 0.2) is 59.7 Å². The Morgan fingerprint density at radius 3 is 2.60 bits per heavy atom. The van der Waals surface area contributed by atoms with Gasteiger partial charge in [0.25, 0.3) is 5.56 Å². The summed E-state index contributed by atoms with van der Waals surface area (Å²) >= 11 is 12.9. The first kappa shape index (κ1) is 24.7. The van der Waals surface area contributed by atoms with Crippen molar-refractivity contribution in [3.8, 4) is 28.6 Å². The lowest BCUT2D eigenvalue weighted by molar-refractivity contribution is 0.304. The van der Waals surface area contributed by atoms with Crippen molar-refractivity contribution in [1.29, 1.82) is 0 Å². The third kappa shape index (κ3) is 5.31. The molecule has 0 saturated heterocycles. The molecule has 0 N–H and O–H groups in total. The lowest BCUT2D eigenvalue weighted by atomic mass is 10.2. The van der Waals surface area contributed by atoms with Crippen molar-refractivity contribution in [2.45, 2.75) is 33.3 Å². The first-order chi connectivity index (χ1) is 16.8. The minimum atomic E-state index is -0.447. The average molecular weight is 511 g/mol. The molecule has 1 aromatic carbocycles. The van der Waals surface area contributed by atoms with Crippen LogP contribution in [-0.4, -0.2) is 26.6 Å². The smallest absolute Gasteiger partial charge is 0.277 e. The number of aryl methyl sites for hydroxylation is 1. The minimum Gasteiger partial charge on any atom is -0.497 e. The van der Waals surface area contributed by atoms with E-state index in [1.54, 1.807) is 38.4 Å². The minimum absolute atomic E-state index is 0.0444. The van der Waals surface area contributed by atoms with E-state index in [1.807, 2.05) is 38.1 Å². The van der Waals surface area contributed by atoms with E-state index in [0.29, 0.717) is 33.6 Å². The zero-order valence-electron chi connectivity index (χ0n) is 19.8. The number of aromatic nitrogens is 4. The second-order valence-electron chi connectivity index (χ2n) is 8.22. The molecule has 0 saturated carbocycles. The lowest BCUT2D eigenvalue weighted by Gasteiger charge is -2.16. The Labute approximate surface area is 213 Å². The maximum atomic E-state index is 13.3. The molecule has 4 aromatic rings. The van der Waals surface area contributed by atoms with Crippen molar-refractivity contribution in [2.75, 3.05) is 7.11 Å². The van der Waals surface area contributed by atoms with Crippen LogP contribution in [0.3, 0.4) is 0 Å². The van der Waals surface area contributed by atoms with E-state index in [0.717, 1.165) is 11.3 Å². The molecule has 180 valence electrons. The molecule has 0 aliphatic rings. The summed E-state index contributed by atoms with van der Waals surface area (Å²) in [4.78, 5) is 26.6. The number of rotatable bonds is 7. The van der Waals surface area contributed by atoms with Gasteiger partial charge in [-0.05, 0) is 36.8 Å². The van der Waals surface area contributed by atoms with Crippen LogP contribution in [0.4, 0.5) is 0 Å². The van der Waals surface area contributed by atoms with Gasteiger partial charge in [-0.1, -0.05) is 49.2 Å². The highest BCUT2D eigenvalue weighted by atomic mass is 35.5. The molecule has 0 aliphatic carbocycles. The highest BCUT2D eigenvalue weighted by molar-refractivity contribution is 6.33. The van der Waals surface area contributed by atoms with Crippen LogP contribution in [-0.2, 0) is 6.61 Å². The highest BCUT2D eigenvalue weighted by Gasteiger charge is 2.18. The summed E-state index contributed by atoms with van der Waals surface area (Å²) in [6.07, 6.45) is 3.19. The van der Waals surface area contributed by atoms with Gasteiger partial charge in [-0.25, -0.2) is 9.97 Å². The first-order valence-corrected chi connectivity index (χ1v) is 11.7. The van der Waals surface area contributed by atoms with E-state index in [-0.39, 0.29) is 23.3 Å². The van der Waals surface area contributed by atoms with E-state index in [4.69, 9.17) is 32.7 Å². The molecule has 9 heteroatoms. The molecule has 3 heterocycles. The predicted molar refractivity (Wildman–Crippen MR) is 137 cm³/mol. The quantitative estimate of drug-likeness (QED) is 0.302. The van der Waals surface area contributed by atoms with E-state index in [9.17, 15) is 4.79 Å². The summed E-state index contributed by atoms with van der Waals surface area (Å²) in [6.45, 7) is 6.05. The van der Waals surface area contributed by atoms with Crippen molar-refractivity contribution in [1.82, 2.24) is 19.5 Å². The third-order valence-corrected chi connectivity index (χ3v) is 6.00. The normalized spacial score (nSPS) is 11.1. The number of hydrogen-bond donors (Lipinski definition) is 0. The van der Waals surface area contributed by atoms with Gasteiger partial charge in [-0.3, -0.25) is 14.3 Å². The molecule has 0 amide bonds. The number of ether oxygens (including phenoxy) is 2. The standard InChI is InChI=1S/C26H24Cl2N4O3/c1-15(2)25-29-9-8-20(31-25)21-12-22(19(27)13-30-21)32-16(3)10-23(24(28)26(32)33)35-14-17-6-5-7-18(11-17)34-4/h5-13,15H,14H2,1-4H3. The van der Waals surface area contributed by atoms with Crippen molar-refractivity contribution < 1.29 is 9.47 Å². The largest absolute Gasteiger partial charge is 0.497 e. The van der Waals surface area contributed by atoms with Gasteiger partial charge in [0.05, 0.1) is 29.2 Å². The van der Waals surface area contributed by atoms with Crippen LogP contribution >= 0.6 is 23.2 Å². The van der Waals surface area contributed by atoms with Gasteiger partial charge in [0.1, 0.15) is 29.0 Å². The molecule has 0 unspecified atom stereocenters. The molecule has 0 atom stereocenters. The molecule has 4 rings (SSSR count). The maximum Gasteiger partial charge on any atom is 0.277 e. The zero-order valence-corrected chi connectivity index (χ0v) is 21.3. The molecule has 3 aromatic heterocycles. The van der Waals surface area contributed by atoms with Crippen LogP contribution in [0.2, 0.25) is 10.0 Å². The zero-order chi connectivity index (χ0) is 25.1. The molecular formula is C26H24Cl2N4O3. The van der Waals surface area contributed by atoms with Crippen molar-refractivity contribution in [2.24, 2.45) is 0 Å². The Morgan fingerprint density at radius 2 is 1.86 bits per heavy atom. The monoisotopic (exact) mass is 510 g/mol. The number of pyridine rings is 2. The molecule has 0 spiro atoms. The number of hydrogen-bond acceptors (Lipinski definition) is 6. The topological polar surface area (TPSA) is 79.1 Å². The maximum absolute atomic E-state index is 13.3. The first-order valence-electron chi connectivity index (χ1n) is 11.0. The van der Waals surface area contributed by atoms with Crippen LogP contribution in [0, 0.1) is 6.92 Å². The van der Waals surface area contributed by atoms with Crippen LogP contribution in [0.5, 0.6) is 11.5 Å². The van der Waals surface area contributed by atoms with Gasteiger partial charge in [0.15, 0.2) is 0 Å². The van der Waals surface area contributed by atoms with Crippen molar-refractivity contribution in [3.05, 3.63) is 92.3 Å². The van der Waals surface area contributed by atoms with Crippen LogP contribution in [0.25, 0.3) is 17.1 Å². The SMILES string of the molecule is COc1cccc(COc2cc(C)n(-c3cc(-c4ccnc(C(C)C)n4)ncc3Cl)c(=O)c2Cl)c1. The summed E-state index contributed by atoms with van der Waals surface area (Å²) in [7, 11) is 1.60. The van der Waals surface area contributed by atoms with Crippen molar-refractivity contribution in [3.63, 3.8) is 0 Å². The van der Waals surface area contributed by atoms with Gasteiger partial charge >= 0.3 is 0 Å². The van der Waals surface area contributed by atoms with Gasteiger partial charge in [0, 0.05) is 30.1 Å². The second-order valence-corrected chi connectivity index (χ2v) is 9.01. The molecule has 0 bridgehead atoms. The third-order valence-electron chi connectivity index (χ3n) is 5.36. The van der Waals surface area contributed by atoms with Crippen molar-refractivity contribution >= 4 is 23.2 Å². The van der Waals surface area contributed by atoms with E-state index < -0.39 is 5.56 Å². The average Bonchev–Trinajstić information content (AvgIpc) is 2.86. The Hall–Kier alpha value is -3.42. The summed E-state index contributed by atoms with van der Waals surface area (Å²) in [6, 6.07) is 12.7. The predicted octanol–water partition coefficient (Wildman–Crippen LogP) is 6.02. The molecule has 7 nitrogen and oxygen atoms in total. The fourth-order valence-electron chi connectivity index (χ4n) is 3.54. The van der Waals surface area contributed by atoms with Crippen LogP contribution < -0.4 is 15.0 Å². The van der Waals surface area contributed by atoms with Crippen LogP contribution in [0.1, 0.15) is 36.8 Å². The molecule has 35 heavy (non-hydrogen) atoms. The fraction of sp³-hybridized carbons (Fsp3) is 0.231. The summed E-state index contributed by atoms with van der Waals surface area (Å²) in [5, 5.41) is 0.259. The summed E-state index contributed by atoms with van der Waals surface area (Å²) < 4.78 is 12.6. The number of nitrogens with zero attached hydrogens (tertiary/aromatic N) is 4. The molecular weight excluding hydrogens is 487 g/mol. The lowest BCUT2D eigenvalue weighted by Crippen LogP contribution is -2.22. The van der Waals surface area contributed by atoms with Gasteiger partial charge in [0.2, 0.25) is 0 Å². The highest BCUT2D eigenvalue weighted by Crippen LogP contribution is 2.29. The number of benzene rings is 1. The van der Waals surface area contributed by atoms with E-state index >= 15 is 0 Å². The van der Waals surface area contributed by atoms with Gasteiger partial charge in [-0.2, -0.15) is 0 Å². The van der Waals surface area contributed by atoms with E-state index in [2.05, 4.69) is 15.0 Å². The second kappa shape index (κ2) is 10.5. The summed E-state index contributed by atoms with van der Waals surface area (Å²) in [5.41, 5.74) is 2.69. The van der Waals surface area contributed by atoms with E-state index in [1.165, 1.54) is 10.8 Å². The molecule has 0 aliphatic heterocycles.